The van der Waals surface area contributed by atoms with E-state index in [9.17, 15) is 14.4 Å². The zero-order valence-corrected chi connectivity index (χ0v) is 23.0. The van der Waals surface area contributed by atoms with Crippen LogP contribution in [0.3, 0.4) is 0 Å². The Morgan fingerprint density at radius 1 is 1.08 bits per heavy atom. The van der Waals surface area contributed by atoms with E-state index in [0.29, 0.717) is 17.5 Å². The van der Waals surface area contributed by atoms with Gasteiger partial charge in [-0.05, 0) is 70.1 Å². The molecule has 1 aromatic rings. The highest BCUT2D eigenvalue weighted by atomic mass is 16.6. The molecule has 0 heterocycles. The molecule has 3 unspecified atom stereocenters. The molecule has 7 nitrogen and oxygen atoms in total. The Morgan fingerprint density at radius 2 is 1.70 bits per heavy atom. The van der Waals surface area contributed by atoms with Gasteiger partial charge in [0.25, 0.3) is 0 Å². The number of hydrogen-bond acceptors (Lipinski definition) is 4. The van der Waals surface area contributed by atoms with Crippen LogP contribution < -0.4 is 10.6 Å². The highest BCUT2D eigenvalue weighted by Crippen LogP contribution is 2.36. The number of carbonyl (C=O) groups excluding carboxylic acids is 3. The van der Waals surface area contributed by atoms with Crippen molar-refractivity contribution in [2.75, 3.05) is 0 Å². The lowest BCUT2D eigenvalue weighted by molar-refractivity contribution is -0.144. The maximum Gasteiger partial charge on any atom is 0.408 e. The van der Waals surface area contributed by atoms with Crippen molar-refractivity contribution in [2.24, 2.45) is 5.92 Å². The second-order valence-electron chi connectivity index (χ2n) is 11.5. The second-order valence-corrected chi connectivity index (χ2v) is 11.5. The minimum absolute atomic E-state index is 0.0612. The highest BCUT2D eigenvalue weighted by Gasteiger charge is 2.45. The summed E-state index contributed by atoms with van der Waals surface area (Å²) in [6.07, 6.45) is 12.5. The molecule has 3 rings (SSSR count). The summed E-state index contributed by atoms with van der Waals surface area (Å²) in [5.41, 5.74) is 0.737. The third kappa shape index (κ3) is 7.99. The molecule has 2 aliphatic carbocycles. The van der Waals surface area contributed by atoms with Gasteiger partial charge in [0.1, 0.15) is 17.7 Å². The number of ether oxygens (including phenoxy) is 1. The van der Waals surface area contributed by atoms with Crippen molar-refractivity contribution in [3.05, 3.63) is 35.4 Å². The molecule has 0 saturated heterocycles. The number of hydrogen-bond donors (Lipinski definition) is 2. The molecule has 0 aromatic heterocycles. The van der Waals surface area contributed by atoms with Crippen molar-refractivity contribution in [1.82, 2.24) is 15.5 Å². The van der Waals surface area contributed by atoms with Crippen molar-refractivity contribution in [2.45, 2.75) is 116 Å². The Bertz CT molecular complexity index is 982. The van der Waals surface area contributed by atoms with Gasteiger partial charge in [0.15, 0.2) is 0 Å². The molecule has 0 bridgehead atoms. The maximum absolute atomic E-state index is 14.2. The summed E-state index contributed by atoms with van der Waals surface area (Å²) in [6.45, 7) is 9.27. The fraction of sp³-hybridized carbons (Fsp3) is 0.633. The number of terminal acetylenes is 1. The average molecular weight is 510 g/mol. The van der Waals surface area contributed by atoms with Gasteiger partial charge in [-0.1, -0.05) is 57.6 Å². The zero-order valence-electron chi connectivity index (χ0n) is 23.0. The van der Waals surface area contributed by atoms with E-state index in [-0.39, 0.29) is 29.8 Å². The standard InChI is InChI=1S/C30H43N3O4/c1-7-20(3)25(32-29(36)37-30(4,5)6)28(35)33(24-18-19-24)26(22-16-14-21(8-2)15-17-22)27(34)31-23-12-10-9-11-13-23/h2,14-17,20,23-26H,7,9-13,18-19H2,1,3-6H3,(H,31,34)(H,32,36). The van der Waals surface area contributed by atoms with Gasteiger partial charge in [-0.25, -0.2) is 4.79 Å². The third-order valence-electron chi connectivity index (χ3n) is 7.22. The van der Waals surface area contributed by atoms with Crippen LogP contribution in [0.25, 0.3) is 0 Å². The summed E-state index contributed by atoms with van der Waals surface area (Å²) in [5.74, 6) is 2.03. The predicted octanol–water partition coefficient (Wildman–Crippen LogP) is 5.09. The Morgan fingerprint density at radius 3 is 2.22 bits per heavy atom. The minimum Gasteiger partial charge on any atom is -0.444 e. The first-order valence-corrected chi connectivity index (χ1v) is 13.7. The van der Waals surface area contributed by atoms with Gasteiger partial charge < -0.3 is 20.3 Å². The normalized spacial score (nSPS) is 18.6. The minimum atomic E-state index is -0.810. The molecular weight excluding hydrogens is 466 g/mol. The first kappa shape index (κ1) is 28.6. The Hall–Kier alpha value is -3.01. The van der Waals surface area contributed by atoms with Gasteiger partial charge in [0.05, 0.1) is 0 Å². The molecule has 7 heteroatoms. The van der Waals surface area contributed by atoms with E-state index in [2.05, 4.69) is 16.6 Å². The molecule has 0 spiro atoms. The predicted molar refractivity (Wildman–Crippen MR) is 145 cm³/mol. The van der Waals surface area contributed by atoms with Crippen LogP contribution in [-0.4, -0.2) is 46.5 Å². The fourth-order valence-electron chi connectivity index (χ4n) is 4.88. The molecule has 3 amide bonds. The number of nitrogens with zero attached hydrogens (tertiary/aromatic N) is 1. The number of carbonyl (C=O) groups is 3. The molecule has 2 fully saturated rings. The molecule has 2 aliphatic rings. The van der Waals surface area contributed by atoms with Crippen LogP contribution in [0.5, 0.6) is 0 Å². The molecule has 0 aliphatic heterocycles. The van der Waals surface area contributed by atoms with E-state index < -0.39 is 23.8 Å². The summed E-state index contributed by atoms with van der Waals surface area (Å²) >= 11 is 0. The largest absolute Gasteiger partial charge is 0.444 e. The lowest BCUT2D eigenvalue weighted by Gasteiger charge is -2.37. The van der Waals surface area contributed by atoms with Gasteiger partial charge in [-0.2, -0.15) is 0 Å². The number of amides is 3. The Kier molecular flexibility index (Phi) is 9.64. The summed E-state index contributed by atoms with van der Waals surface area (Å²) in [4.78, 5) is 42.5. The molecule has 2 N–H and O–H groups in total. The zero-order chi connectivity index (χ0) is 27.2. The van der Waals surface area contributed by atoms with Crippen LogP contribution in [0.15, 0.2) is 24.3 Å². The fourth-order valence-corrected chi connectivity index (χ4v) is 4.88. The number of rotatable bonds is 9. The lowest BCUT2D eigenvalue weighted by atomic mass is 9.93. The third-order valence-corrected chi connectivity index (χ3v) is 7.22. The Labute approximate surface area is 222 Å². The van der Waals surface area contributed by atoms with E-state index in [1.165, 1.54) is 6.42 Å². The first-order valence-electron chi connectivity index (χ1n) is 13.7. The molecule has 0 radical (unpaired) electrons. The van der Waals surface area contributed by atoms with Crippen LogP contribution in [0.4, 0.5) is 4.79 Å². The topological polar surface area (TPSA) is 87.7 Å². The van der Waals surface area contributed by atoms with Crippen LogP contribution in [-0.2, 0) is 14.3 Å². The molecule has 2 saturated carbocycles. The van der Waals surface area contributed by atoms with E-state index in [1.54, 1.807) is 37.8 Å². The van der Waals surface area contributed by atoms with Gasteiger partial charge in [-0.3, -0.25) is 9.59 Å². The summed E-state index contributed by atoms with van der Waals surface area (Å²) in [7, 11) is 0. The number of nitrogens with one attached hydrogen (secondary N) is 2. The second kappa shape index (κ2) is 12.5. The lowest BCUT2D eigenvalue weighted by Crippen LogP contribution is -2.56. The van der Waals surface area contributed by atoms with Crippen molar-refractivity contribution in [3.63, 3.8) is 0 Å². The summed E-state index contributed by atoms with van der Waals surface area (Å²) in [6, 6.07) is 5.71. The van der Waals surface area contributed by atoms with E-state index in [4.69, 9.17) is 11.2 Å². The van der Waals surface area contributed by atoms with E-state index in [1.807, 2.05) is 26.0 Å². The first-order chi connectivity index (χ1) is 17.5. The Balaban J connectivity index is 1.95. The molecular formula is C30H43N3O4. The van der Waals surface area contributed by atoms with Crippen LogP contribution in [0, 0.1) is 18.3 Å². The molecule has 37 heavy (non-hydrogen) atoms. The van der Waals surface area contributed by atoms with Crippen LogP contribution in [0.1, 0.15) is 103 Å². The quantitative estimate of drug-likeness (QED) is 0.454. The van der Waals surface area contributed by atoms with Gasteiger partial charge in [0, 0.05) is 17.6 Å². The summed E-state index contributed by atoms with van der Waals surface area (Å²) in [5, 5.41) is 6.05. The van der Waals surface area contributed by atoms with Crippen LogP contribution >= 0.6 is 0 Å². The molecule has 202 valence electrons. The monoisotopic (exact) mass is 509 g/mol. The molecule has 3 atom stereocenters. The maximum atomic E-state index is 14.2. The van der Waals surface area contributed by atoms with Gasteiger partial charge in [0.2, 0.25) is 11.8 Å². The highest BCUT2D eigenvalue weighted by molar-refractivity contribution is 5.93. The summed E-state index contributed by atoms with van der Waals surface area (Å²) < 4.78 is 5.47. The van der Waals surface area contributed by atoms with Crippen LogP contribution in [0.2, 0.25) is 0 Å². The smallest absolute Gasteiger partial charge is 0.408 e. The SMILES string of the molecule is C#Cc1ccc(C(C(=O)NC2CCCCC2)N(C(=O)C(NC(=O)OC(C)(C)C)C(C)CC)C2CC2)cc1. The van der Waals surface area contributed by atoms with Crippen molar-refractivity contribution < 1.29 is 19.1 Å². The van der Waals surface area contributed by atoms with Crippen molar-refractivity contribution in [1.29, 1.82) is 0 Å². The van der Waals surface area contributed by atoms with Gasteiger partial charge >= 0.3 is 6.09 Å². The van der Waals surface area contributed by atoms with Crippen molar-refractivity contribution >= 4 is 17.9 Å². The van der Waals surface area contributed by atoms with Gasteiger partial charge in [-0.15, -0.1) is 6.42 Å². The molecule has 1 aromatic carbocycles. The van der Waals surface area contributed by atoms with E-state index in [0.717, 1.165) is 38.5 Å². The number of alkyl carbamates (subject to hydrolysis) is 1. The van der Waals surface area contributed by atoms with Crippen molar-refractivity contribution in [3.8, 4) is 12.3 Å². The number of benzene rings is 1. The van der Waals surface area contributed by atoms with E-state index >= 15 is 0 Å². The average Bonchev–Trinajstić information content (AvgIpc) is 3.69.